The molecule has 1 fully saturated rings. The molecule has 0 aliphatic heterocycles. The fourth-order valence-electron chi connectivity index (χ4n) is 2.53. The third-order valence-electron chi connectivity index (χ3n) is 3.63. The molecule has 1 aromatic rings. The second-order valence-electron chi connectivity index (χ2n) is 4.97. The number of thioether (sulfide) groups is 1. The molecule has 2 rings (SSSR count). The van der Waals surface area contributed by atoms with E-state index >= 15 is 0 Å². The Morgan fingerprint density at radius 3 is 2.56 bits per heavy atom. The Balaban J connectivity index is 1.75. The third-order valence-corrected chi connectivity index (χ3v) is 4.37. The van der Waals surface area contributed by atoms with Gasteiger partial charge >= 0.3 is 0 Å². The summed E-state index contributed by atoms with van der Waals surface area (Å²) in [4.78, 5) is 13.0. The highest BCUT2D eigenvalue weighted by Crippen LogP contribution is 2.28. The molecule has 0 atom stereocenters. The zero-order chi connectivity index (χ0) is 12.8. The summed E-state index contributed by atoms with van der Waals surface area (Å²) in [5.41, 5.74) is 0.907. The average Bonchev–Trinajstić information content (AvgIpc) is 2.90. The van der Waals surface area contributed by atoms with Gasteiger partial charge in [-0.15, -0.1) is 11.8 Å². The van der Waals surface area contributed by atoms with E-state index in [1.54, 1.807) is 11.8 Å². The van der Waals surface area contributed by atoms with Crippen molar-refractivity contribution in [1.82, 2.24) is 0 Å². The van der Waals surface area contributed by atoms with Crippen LogP contribution in [0.2, 0.25) is 0 Å². The largest absolute Gasteiger partial charge is 0.326 e. The van der Waals surface area contributed by atoms with Gasteiger partial charge in [0.2, 0.25) is 5.91 Å². The maximum atomic E-state index is 11.8. The number of hydrogen-bond donors (Lipinski definition) is 1. The van der Waals surface area contributed by atoms with Crippen molar-refractivity contribution in [3.8, 4) is 0 Å². The van der Waals surface area contributed by atoms with Crippen LogP contribution in [0.25, 0.3) is 0 Å². The highest BCUT2D eigenvalue weighted by atomic mass is 32.2. The molecule has 0 aromatic heterocycles. The average molecular weight is 263 g/mol. The van der Waals surface area contributed by atoms with Gasteiger partial charge in [0.15, 0.2) is 0 Å². The van der Waals surface area contributed by atoms with E-state index in [-0.39, 0.29) is 5.91 Å². The van der Waals surface area contributed by atoms with Gasteiger partial charge in [-0.05, 0) is 42.9 Å². The SMILES string of the molecule is CSc1ccc(NC(=O)CCC2CCCC2)cc1. The number of rotatable bonds is 5. The van der Waals surface area contributed by atoms with Gasteiger partial charge in [0.05, 0.1) is 0 Å². The van der Waals surface area contributed by atoms with Gasteiger partial charge in [-0.25, -0.2) is 0 Å². The van der Waals surface area contributed by atoms with Crippen LogP contribution in [-0.2, 0) is 4.79 Å². The molecule has 0 saturated heterocycles. The first kappa shape index (κ1) is 13.5. The summed E-state index contributed by atoms with van der Waals surface area (Å²) in [7, 11) is 0. The molecule has 0 bridgehead atoms. The maximum Gasteiger partial charge on any atom is 0.224 e. The molecule has 0 radical (unpaired) electrons. The number of hydrogen-bond acceptors (Lipinski definition) is 2. The van der Waals surface area contributed by atoms with Crippen LogP contribution in [0.5, 0.6) is 0 Å². The van der Waals surface area contributed by atoms with Gasteiger partial charge in [0.1, 0.15) is 0 Å². The van der Waals surface area contributed by atoms with Crippen molar-refractivity contribution >= 4 is 23.4 Å². The van der Waals surface area contributed by atoms with Crippen LogP contribution in [0.15, 0.2) is 29.2 Å². The summed E-state index contributed by atoms with van der Waals surface area (Å²) in [5, 5.41) is 2.97. The van der Waals surface area contributed by atoms with Crippen molar-refractivity contribution in [2.45, 2.75) is 43.4 Å². The molecule has 98 valence electrons. The topological polar surface area (TPSA) is 29.1 Å². The number of amides is 1. The minimum atomic E-state index is 0.152. The summed E-state index contributed by atoms with van der Waals surface area (Å²) >= 11 is 1.71. The molecule has 1 aromatic carbocycles. The van der Waals surface area contributed by atoms with Gasteiger partial charge in [-0.2, -0.15) is 0 Å². The lowest BCUT2D eigenvalue weighted by atomic mass is 10.0. The summed E-state index contributed by atoms with van der Waals surface area (Å²) in [5.74, 6) is 0.938. The van der Waals surface area contributed by atoms with E-state index in [0.717, 1.165) is 18.0 Å². The van der Waals surface area contributed by atoms with E-state index in [1.807, 2.05) is 24.3 Å². The minimum absolute atomic E-state index is 0.152. The molecular formula is C15H21NOS. The normalized spacial score (nSPS) is 15.8. The number of benzene rings is 1. The molecule has 0 unspecified atom stereocenters. The second-order valence-corrected chi connectivity index (χ2v) is 5.85. The fourth-order valence-corrected chi connectivity index (χ4v) is 2.94. The predicted molar refractivity (Wildman–Crippen MR) is 78.0 cm³/mol. The van der Waals surface area contributed by atoms with Crippen LogP contribution in [0, 0.1) is 5.92 Å². The van der Waals surface area contributed by atoms with Gasteiger partial charge in [0, 0.05) is 17.0 Å². The number of carbonyl (C=O) groups is 1. The molecule has 1 aliphatic rings. The number of anilines is 1. The van der Waals surface area contributed by atoms with Crippen LogP contribution < -0.4 is 5.32 Å². The quantitative estimate of drug-likeness (QED) is 0.802. The molecule has 2 nitrogen and oxygen atoms in total. The third kappa shape index (κ3) is 4.05. The van der Waals surface area contributed by atoms with Crippen molar-refractivity contribution in [3.05, 3.63) is 24.3 Å². The van der Waals surface area contributed by atoms with Crippen LogP contribution in [-0.4, -0.2) is 12.2 Å². The fraction of sp³-hybridized carbons (Fsp3) is 0.533. The molecular weight excluding hydrogens is 242 g/mol. The van der Waals surface area contributed by atoms with E-state index in [0.29, 0.717) is 6.42 Å². The summed E-state index contributed by atoms with van der Waals surface area (Å²) in [6.45, 7) is 0. The van der Waals surface area contributed by atoms with Gasteiger partial charge < -0.3 is 5.32 Å². The second kappa shape index (κ2) is 6.83. The Morgan fingerprint density at radius 2 is 1.94 bits per heavy atom. The van der Waals surface area contributed by atoms with Gasteiger partial charge in [0.25, 0.3) is 0 Å². The summed E-state index contributed by atoms with van der Waals surface area (Å²) in [6.07, 6.45) is 9.09. The molecule has 3 heteroatoms. The van der Waals surface area contributed by atoms with E-state index in [1.165, 1.54) is 30.6 Å². The Bertz CT molecular complexity index is 382. The lowest BCUT2D eigenvalue weighted by Gasteiger charge is -2.09. The summed E-state index contributed by atoms with van der Waals surface area (Å²) < 4.78 is 0. The molecule has 18 heavy (non-hydrogen) atoms. The van der Waals surface area contributed by atoms with Crippen LogP contribution in [0.1, 0.15) is 38.5 Å². The monoisotopic (exact) mass is 263 g/mol. The van der Waals surface area contributed by atoms with E-state index in [2.05, 4.69) is 11.6 Å². The molecule has 0 heterocycles. The zero-order valence-electron chi connectivity index (χ0n) is 10.9. The Hall–Kier alpha value is -0.960. The predicted octanol–water partition coefficient (Wildman–Crippen LogP) is 4.32. The van der Waals surface area contributed by atoms with E-state index in [9.17, 15) is 4.79 Å². The van der Waals surface area contributed by atoms with Crippen molar-refractivity contribution in [2.24, 2.45) is 5.92 Å². The molecule has 1 amide bonds. The lowest BCUT2D eigenvalue weighted by Crippen LogP contribution is -2.12. The van der Waals surface area contributed by atoms with Crippen molar-refractivity contribution in [2.75, 3.05) is 11.6 Å². The minimum Gasteiger partial charge on any atom is -0.326 e. The number of nitrogens with one attached hydrogen (secondary N) is 1. The zero-order valence-corrected chi connectivity index (χ0v) is 11.8. The van der Waals surface area contributed by atoms with Crippen LogP contribution in [0.4, 0.5) is 5.69 Å². The highest BCUT2D eigenvalue weighted by molar-refractivity contribution is 7.98. The first-order chi connectivity index (χ1) is 8.78. The summed E-state index contributed by atoms with van der Waals surface area (Å²) in [6, 6.07) is 8.02. The molecule has 0 spiro atoms. The van der Waals surface area contributed by atoms with Gasteiger partial charge in [-0.3, -0.25) is 4.79 Å². The Kier molecular flexibility index (Phi) is 5.12. The lowest BCUT2D eigenvalue weighted by molar-refractivity contribution is -0.116. The first-order valence-electron chi connectivity index (χ1n) is 6.72. The van der Waals surface area contributed by atoms with E-state index < -0.39 is 0 Å². The molecule has 1 aliphatic carbocycles. The Labute approximate surface area is 114 Å². The molecule has 1 N–H and O–H groups in total. The maximum absolute atomic E-state index is 11.8. The van der Waals surface area contributed by atoms with Crippen molar-refractivity contribution < 1.29 is 4.79 Å². The Morgan fingerprint density at radius 1 is 1.28 bits per heavy atom. The first-order valence-corrected chi connectivity index (χ1v) is 7.94. The number of carbonyl (C=O) groups excluding carboxylic acids is 1. The van der Waals surface area contributed by atoms with E-state index in [4.69, 9.17) is 0 Å². The van der Waals surface area contributed by atoms with Crippen molar-refractivity contribution in [1.29, 1.82) is 0 Å². The van der Waals surface area contributed by atoms with Gasteiger partial charge in [-0.1, -0.05) is 25.7 Å². The highest BCUT2D eigenvalue weighted by Gasteiger charge is 2.16. The van der Waals surface area contributed by atoms with Crippen molar-refractivity contribution in [3.63, 3.8) is 0 Å². The smallest absolute Gasteiger partial charge is 0.224 e. The standard InChI is InChI=1S/C15H21NOS/c1-18-14-9-7-13(8-10-14)16-15(17)11-6-12-4-2-3-5-12/h7-10,12H,2-6,11H2,1H3,(H,16,17). The van der Waals surface area contributed by atoms with Crippen LogP contribution in [0.3, 0.4) is 0 Å². The molecule has 1 saturated carbocycles. The van der Waals surface area contributed by atoms with Crippen LogP contribution >= 0.6 is 11.8 Å².